The summed E-state index contributed by atoms with van der Waals surface area (Å²) in [6.07, 6.45) is 3.33. The number of rotatable bonds is 5. The van der Waals surface area contributed by atoms with Crippen LogP contribution in [0.2, 0.25) is 5.02 Å². The smallest absolute Gasteiger partial charge is 0.263 e. The minimum atomic E-state index is -3.86. The minimum absolute atomic E-state index is 0.0456. The fourth-order valence-corrected chi connectivity index (χ4v) is 3.42. The topological polar surface area (TPSA) is 101 Å². The summed E-state index contributed by atoms with van der Waals surface area (Å²) >= 11 is 5.89. The van der Waals surface area contributed by atoms with Crippen molar-refractivity contribution in [2.45, 2.75) is 11.4 Å². The van der Waals surface area contributed by atoms with E-state index in [9.17, 15) is 8.42 Å². The number of hydrogen-bond donors (Lipinski definition) is 1. The van der Waals surface area contributed by atoms with Gasteiger partial charge in [0, 0.05) is 18.5 Å². The van der Waals surface area contributed by atoms with Crippen LogP contribution in [0, 0.1) is 11.3 Å². The lowest BCUT2D eigenvalue weighted by Gasteiger charge is -2.06. The van der Waals surface area contributed by atoms with Gasteiger partial charge in [0.1, 0.15) is 6.07 Å². The number of pyridine rings is 1. The monoisotopic (exact) mass is 373 g/mol. The van der Waals surface area contributed by atoms with Crippen LogP contribution in [0.4, 0.5) is 5.82 Å². The molecule has 3 rings (SSSR count). The molecule has 0 aliphatic heterocycles. The summed E-state index contributed by atoms with van der Waals surface area (Å²) < 4.78 is 28.8. The predicted octanol–water partition coefficient (Wildman–Crippen LogP) is 2.65. The van der Waals surface area contributed by atoms with E-state index in [1.54, 1.807) is 23.1 Å². The molecular weight excluding hydrogens is 362 g/mol. The Bertz CT molecular complexity index is 1040. The van der Waals surface area contributed by atoms with Crippen molar-refractivity contribution in [1.29, 1.82) is 5.26 Å². The number of benzene rings is 1. The van der Waals surface area contributed by atoms with Crippen LogP contribution in [0.25, 0.3) is 0 Å². The Morgan fingerprint density at radius 3 is 2.76 bits per heavy atom. The SMILES string of the molecule is N#Cc1ccc(S(=O)(=O)Nc2ccn(Cc3ccccn3)n2)cc1Cl. The maximum Gasteiger partial charge on any atom is 0.263 e. The lowest BCUT2D eigenvalue weighted by molar-refractivity contribution is 0.600. The molecule has 0 aliphatic rings. The van der Waals surface area contributed by atoms with Crippen LogP contribution < -0.4 is 4.72 Å². The molecule has 25 heavy (non-hydrogen) atoms. The van der Waals surface area contributed by atoms with Crippen molar-refractivity contribution in [2.75, 3.05) is 4.72 Å². The van der Waals surface area contributed by atoms with E-state index in [0.29, 0.717) is 6.54 Å². The zero-order valence-corrected chi connectivity index (χ0v) is 14.4. The number of aromatic nitrogens is 3. The summed E-state index contributed by atoms with van der Waals surface area (Å²) in [5.41, 5.74) is 1.01. The van der Waals surface area contributed by atoms with Crippen molar-refractivity contribution in [3.8, 4) is 6.07 Å². The third-order valence-electron chi connectivity index (χ3n) is 3.30. The van der Waals surface area contributed by atoms with E-state index in [-0.39, 0.29) is 21.3 Å². The molecule has 0 amide bonds. The molecule has 1 aromatic carbocycles. The maximum atomic E-state index is 12.4. The summed E-state index contributed by atoms with van der Waals surface area (Å²) in [6, 6.07) is 12.9. The zero-order valence-electron chi connectivity index (χ0n) is 12.8. The molecule has 0 fully saturated rings. The number of anilines is 1. The molecule has 0 spiro atoms. The van der Waals surface area contributed by atoms with Crippen molar-refractivity contribution >= 4 is 27.4 Å². The van der Waals surface area contributed by atoms with Crippen molar-refractivity contribution < 1.29 is 8.42 Å². The first-order valence-electron chi connectivity index (χ1n) is 7.14. The second-order valence-corrected chi connectivity index (χ2v) is 7.17. The first-order valence-corrected chi connectivity index (χ1v) is 9.00. The van der Waals surface area contributed by atoms with Gasteiger partial charge in [-0.3, -0.25) is 14.4 Å². The van der Waals surface area contributed by atoms with E-state index >= 15 is 0 Å². The summed E-state index contributed by atoms with van der Waals surface area (Å²) in [5, 5.41) is 13.1. The molecule has 2 heterocycles. The molecule has 0 bridgehead atoms. The molecule has 7 nitrogen and oxygen atoms in total. The van der Waals surface area contributed by atoms with Crippen LogP contribution in [0.3, 0.4) is 0 Å². The van der Waals surface area contributed by atoms with Gasteiger partial charge in [0.05, 0.1) is 27.7 Å². The first kappa shape index (κ1) is 17.0. The van der Waals surface area contributed by atoms with E-state index in [1.165, 1.54) is 18.2 Å². The molecule has 0 saturated heterocycles. The van der Waals surface area contributed by atoms with Crippen LogP contribution in [0.15, 0.2) is 59.8 Å². The van der Waals surface area contributed by atoms with Gasteiger partial charge in [0.15, 0.2) is 5.82 Å². The quantitative estimate of drug-likeness (QED) is 0.740. The highest BCUT2D eigenvalue weighted by Crippen LogP contribution is 2.21. The molecule has 0 saturated carbocycles. The molecule has 126 valence electrons. The van der Waals surface area contributed by atoms with Gasteiger partial charge in [-0.25, -0.2) is 8.42 Å². The normalized spacial score (nSPS) is 11.0. The molecule has 9 heteroatoms. The average molecular weight is 374 g/mol. The third-order valence-corrected chi connectivity index (χ3v) is 4.97. The zero-order chi connectivity index (χ0) is 17.9. The molecule has 2 aromatic heterocycles. The van der Waals surface area contributed by atoms with Gasteiger partial charge < -0.3 is 0 Å². The summed E-state index contributed by atoms with van der Waals surface area (Å²) in [6.45, 7) is 0.422. The number of nitrogens with one attached hydrogen (secondary N) is 1. The Kier molecular flexibility index (Phi) is 4.70. The van der Waals surface area contributed by atoms with E-state index in [0.717, 1.165) is 5.69 Å². The Morgan fingerprint density at radius 2 is 2.08 bits per heavy atom. The lowest BCUT2D eigenvalue weighted by Crippen LogP contribution is -2.14. The summed E-state index contributed by atoms with van der Waals surface area (Å²) in [4.78, 5) is 4.15. The maximum absolute atomic E-state index is 12.4. The van der Waals surface area contributed by atoms with Gasteiger partial charge in [0.2, 0.25) is 0 Å². The van der Waals surface area contributed by atoms with E-state index in [2.05, 4.69) is 14.8 Å². The van der Waals surface area contributed by atoms with Gasteiger partial charge in [-0.15, -0.1) is 0 Å². The van der Waals surface area contributed by atoms with Gasteiger partial charge >= 0.3 is 0 Å². The number of sulfonamides is 1. The van der Waals surface area contributed by atoms with Crippen LogP contribution in [0.5, 0.6) is 0 Å². The highest BCUT2D eigenvalue weighted by molar-refractivity contribution is 7.92. The van der Waals surface area contributed by atoms with Gasteiger partial charge in [-0.05, 0) is 30.3 Å². The Labute approximate surface area is 149 Å². The Morgan fingerprint density at radius 1 is 1.24 bits per heavy atom. The molecular formula is C16H12ClN5O2S. The number of hydrogen-bond acceptors (Lipinski definition) is 5. The first-order chi connectivity index (χ1) is 12.0. The average Bonchev–Trinajstić information content (AvgIpc) is 3.02. The largest absolute Gasteiger partial charge is 0.265 e. The molecule has 0 aliphatic carbocycles. The highest BCUT2D eigenvalue weighted by Gasteiger charge is 2.17. The van der Waals surface area contributed by atoms with Gasteiger partial charge in [-0.2, -0.15) is 10.4 Å². The van der Waals surface area contributed by atoms with Crippen LogP contribution in [-0.4, -0.2) is 23.2 Å². The summed E-state index contributed by atoms with van der Waals surface area (Å²) in [7, 11) is -3.86. The van der Waals surface area contributed by atoms with Crippen LogP contribution in [0.1, 0.15) is 11.3 Å². The van der Waals surface area contributed by atoms with Crippen molar-refractivity contribution in [3.05, 3.63) is 71.1 Å². The Balaban J connectivity index is 1.78. The van der Waals surface area contributed by atoms with Crippen molar-refractivity contribution in [1.82, 2.24) is 14.8 Å². The van der Waals surface area contributed by atoms with Crippen molar-refractivity contribution in [3.63, 3.8) is 0 Å². The second-order valence-electron chi connectivity index (χ2n) is 5.08. The van der Waals surface area contributed by atoms with E-state index in [4.69, 9.17) is 16.9 Å². The predicted molar refractivity (Wildman–Crippen MR) is 92.5 cm³/mol. The number of nitrogens with zero attached hydrogens (tertiary/aromatic N) is 4. The molecule has 1 N–H and O–H groups in total. The molecule has 0 unspecified atom stereocenters. The second kappa shape index (κ2) is 6.93. The Hall–Kier alpha value is -2.89. The summed E-state index contributed by atoms with van der Waals surface area (Å²) in [5.74, 6) is 0.177. The number of nitriles is 1. The van der Waals surface area contributed by atoms with Gasteiger partial charge in [0.25, 0.3) is 10.0 Å². The molecule has 0 atom stereocenters. The van der Waals surface area contributed by atoms with E-state index < -0.39 is 10.0 Å². The van der Waals surface area contributed by atoms with E-state index in [1.807, 2.05) is 24.3 Å². The van der Waals surface area contributed by atoms with Crippen LogP contribution in [-0.2, 0) is 16.6 Å². The minimum Gasteiger partial charge on any atom is -0.265 e. The number of halogens is 1. The standard InChI is InChI=1S/C16H12ClN5O2S/c17-15-9-14(5-4-12(15)10-18)25(23,24)21-16-6-8-22(20-16)11-13-3-1-2-7-19-13/h1-9H,11H2,(H,20,21). The van der Waals surface area contributed by atoms with Crippen molar-refractivity contribution in [2.24, 2.45) is 0 Å². The highest BCUT2D eigenvalue weighted by atomic mass is 35.5. The lowest BCUT2D eigenvalue weighted by atomic mass is 10.2. The van der Waals surface area contributed by atoms with Crippen LogP contribution >= 0.6 is 11.6 Å². The van der Waals surface area contributed by atoms with Gasteiger partial charge in [-0.1, -0.05) is 17.7 Å². The fourth-order valence-electron chi connectivity index (χ4n) is 2.11. The third kappa shape index (κ3) is 3.96. The fraction of sp³-hybridized carbons (Fsp3) is 0.0625. The molecule has 0 radical (unpaired) electrons. The molecule has 3 aromatic rings.